The Morgan fingerprint density at radius 2 is 1.74 bits per heavy atom. The highest BCUT2D eigenvalue weighted by atomic mass is 19.2. The summed E-state index contributed by atoms with van der Waals surface area (Å²) in [7, 11) is 0. The number of hydrogen-bond acceptors (Lipinski definition) is 9. The number of carbonyl (C=O) groups is 4. The highest BCUT2D eigenvalue weighted by Gasteiger charge is 2.43. The number of rotatable bonds is 5. The van der Waals surface area contributed by atoms with Crippen molar-refractivity contribution in [3.05, 3.63) is 58.7 Å². The fraction of sp³-hybridized carbons (Fsp3) is 0.464. The van der Waals surface area contributed by atoms with Gasteiger partial charge in [0.1, 0.15) is 11.8 Å². The molecule has 3 heterocycles. The second kappa shape index (κ2) is 13.0. The molecule has 1 unspecified atom stereocenters. The predicted octanol–water partition coefficient (Wildman–Crippen LogP) is 0.412. The summed E-state index contributed by atoms with van der Waals surface area (Å²) >= 11 is 0. The van der Waals surface area contributed by atoms with Gasteiger partial charge in [-0.2, -0.15) is 8.78 Å². The van der Waals surface area contributed by atoms with Gasteiger partial charge in [0, 0.05) is 11.3 Å². The summed E-state index contributed by atoms with van der Waals surface area (Å²) in [6.07, 6.45) is -3.81. The van der Waals surface area contributed by atoms with Crippen molar-refractivity contribution in [2.24, 2.45) is 11.8 Å². The minimum Gasteiger partial charge on any atom is -0.507 e. The minimum atomic E-state index is -1.86. The number of cyclic esters (lactones) is 1. The molecule has 1 aromatic heterocycles. The number of hydrogen-bond donors (Lipinski definition) is 5. The number of carbonyl (C=O) groups excluding carboxylic acids is 4. The smallest absolute Gasteiger partial charge is 0.312 e. The van der Waals surface area contributed by atoms with Crippen molar-refractivity contribution in [3.8, 4) is 5.75 Å². The van der Waals surface area contributed by atoms with Crippen LogP contribution in [-0.4, -0.2) is 82.4 Å². The number of pyridine rings is 1. The third-order valence-electron chi connectivity index (χ3n) is 7.57. The summed E-state index contributed by atoms with van der Waals surface area (Å²) in [6, 6.07) is 1.26. The fourth-order valence-corrected chi connectivity index (χ4v) is 4.84. The van der Waals surface area contributed by atoms with E-state index >= 15 is 0 Å². The highest BCUT2D eigenvalue weighted by molar-refractivity contribution is 6.00. The molecular formula is C28H31F3N4O8. The molecule has 2 fully saturated rings. The molecule has 5 N–H and O–H groups in total. The first-order valence-corrected chi connectivity index (χ1v) is 13.5. The lowest BCUT2D eigenvalue weighted by atomic mass is 9.91. The maximum atomic E-state index is 14.8. The van der Waals surface area contributed by atoms with Crippen LogP contribution < -0.4 is 16.0 Å². The molecule has 0 aliphatic carbocycles. The van der Waals surface area contributed by atoms with Crippen LogP contribution in [0.4, 0.5) is 13.2 Å². The second-order valence-electron chi connectivity index (χ2n) is 10.6. The van der Waals surface area contributed by atoms with E-state index in [2.05, 4.69) is 20.9 Å². The number of aliphatic hydroxyl groups excluding tert-OH is 1. The predicted molar refractivity (Wildman–Crippen MR) is 141 cm³/mol. The van der Waals surface area contributed by atoms with Gasteiger partial charge in [-0.3, -0.25) is 19.2 Å². The lowest BCUT2D eigenvalue weighted by Gasteiger charge is -2.37. The summed E-state index contributed by atoms with van der Waals surface area (Å²) in [5.41, 5.74) is -0.931. The third kappa shape index (κ3) is 6.72. The maximum absolute atomic E-state index is 14.8. The molecule has 2 aliphatic rings. The Balaban J connectivity index is 1.73. The first-order valence-electron chi connectivity index (χ1n) is 13.5. The molecule has 6 atom stereocenters. The van der Waals surface area contributed by atoms with Gasteiger partial charge in [-0.1, -0.05) is 12.1 Å². The molecule has 1 aromatic carbocycles. The average Bonchev–Trinajstić information content (AvgIpc) is 2.93. The van der Waals surface area contributed by atoms with E-state index in [9.17, 15) is 42.6 Å². The summed E-state index contributed by atoms with van der Waals surface area (Å²) in [5, 5.41) is 28.8. The Morgan fingerprint density at radius 3 is 2.37 bits per heavy atom. The van der Waals surface area contributed by atoms with E-state index in [-0.39, 0.29) is 30.2 Å². The maximum Gasteiger partial charge on any atom is 0.312 e. The van der Waals surface area contributed by atoms with Gasteiger partial charge in [-0.25, -0.2) is 9.37 Å². The van der Waals surface area contributed by atoms with Crippen molar-refractivity contribution in [3.63, 3.8) is 0 Å². The van der Waals surface area contributed by atoms with Gasteiger partial charge >= 0.3 is 5.97 Å². The van der Waals surface area contributed by atoms with Crippen LogP contribution >= 0.6 is 0 Å². The monoisotopic (exact) mass is 608 g/mol. The molecule has 232 valence electrons. The van der Waals surface area contributed by atoms with Gasteiger partial charge < -0.3 is 35.6 Å². The lowest BCUT2D eigenvalue weighted by molar-refractivity contribution is -0.178. The SMILES string of the molecule is Cc1nc(F)c(F)c(F)c1C[C@@H]1NC(=O)[C@@H](NC(=O)c2ccccc2O)[C@@H](C)NC(=O)C(C2COC2)OC(=O)[C@H](C)[C@@H]1O. The first-order chi connectivity index (χ1) is 20.3. The van der Waals surface area contributed by atoms with Crippen LogP contribution in [0.5, 0.6) is 5.75 Å². The van der Waals surface area contributed by atoms with Gasteiger partial charge in [0.2, 0.25) is 11.7 Å². The van der Waals surface area contributed by atoms with Crippen LogP contribution in [0.15, 0.2) is 24.3 Å². The Labute approximate surface area is 244 Å². The van der Waals surface area contributed by atoms with Crippen molar-refractivity contribution in [2.45, 2.75) is 57.5 Å². The van der Waals surface area contributed by atoms with Crippen LogP contribution in [0.25, 0.3) is 0 Å². The van der Waals surface area contributed by atoms with E-state index < -0.39 is 95.4 Å². The number of para-hydroxylation sites is 1. The number of aryl methyl sites for hydroxylation is 1. The van der Waals surface area contributed by atoms with Crippen molar-refractivity contribution >= 4 is 23.7 Å². The lowest BCUT2D eigenvalue weighted by Crippen LogP contribution is -2.63. The van der Waals surface area contributed by atoms with E-state index in [1.54, 1.807) is 0 Å². The molecule has 12 nitrogen and oxygen atoms in total. The number of benzene rings is 1. The molecular weight excluding hydrogens is 577 g/mol. The van der Waals surface area contributed by atoms with E-state index in [1.807, 2.05) is 0 Å². The summed E-state index contributed by atoms with van der Waals surface area (Å²) in [5.74, 6) is -11.1. The fourth-order valence-electron chi connectivity index (χ4n) is 4.84. The minimum absolute atomic E-state index is 0.0922. The molecule has 15 heteroatoms. The quantitative estimate of drug-likeness (QED) is 0.238. The largest absolute Gasteiger partial charge is 0.507 e. The number of phenolic OH excluding ortho intramolecular Hbond substituents is 1. The van der Waals surface area contributed by atoms with Crippen molar-refractivity contribution in [1.82, 2.24) is 20.9 Å². The van der Waals surface area contributed by atoms with Crippen LogP contribution in [-0.2, 0) is 30.3 Å². The van der Waals surface area contributed by atoms with Gasteiger partial charge in [0.25, 0.3) is 17.8 Å². The molecule has 4 rings (SSSR count). The van der Waals surface area contributed by atoms with Gasteiger partial charge in [0.15, 0.2) is 11.9 Å². The standard InChI is InChI=1S/C28H31F3N4O8/c1-11-22(37)17(8-16-12(2)32-24(31)20(30)19(16)29)34-26(39)21(35-25(38)15-6-4-5-7-18(15)36)13(3)33-27(40)23(43-28(11)41)14-9-42-10-14/h4-7,11,13-14,17,21-23,36-37H,8-10H2,1-3H3,(H,33,40)(H,34,39)(H,35,38)/t11-,13-,17+,21+,22+,23?/m1/s1. The molecule has 0 bridgehead atoms. The molecule has 43 heavy (non-hydrogen) atoms. The van der Waals surface area contributed by atoms with E-state index in [0.717, 1.165) is 0 Å². The number of aromatic nitrogens is 1. The molecule has 2 aromatic rings. The summed E-state index contributed by atoms with van der Waals surface area (Å²) in [6.45, 7) is 4.01. The zero-order chi connectivity index (χ0) is 31.6. The zero-order valence-electron chi connectivity index (χ0n) is 23.4. The average molecular weight is 609 g/mol. The summed E-state index contributed by atoms with van der Waals surface area (Å²) in [4.78, 5) is 56.3. The number of nitrogens with one attached hydrogen (secondary N) is 3. The van der Waals surface area contributed by atoms with E-state index in [0.29, 0.717) is 0 Å². The summed E-state index contributed by atoms with van der Waals surface area (Å²) < 4.78 is 53.2. The number of ether oxygens (including phenoxy) is 2. The van der Waals surface area contributed by atoms with Gasteiger partial charge in [-0.15, -0.1) is 0 Å². The van der Waals surface area contributed by atoms with Crippen molar-refractivity contribution in [2.75, 3.05) is 13.2 Å². The topological polar surface area (TPSA) is 176 Å². The third-order valence-corrected chi connectivity index (χ3v) is 7.57. The number of nitrogens with zero attached hydrogens (tertiary/aromatic N) is 1. The molecule has 2 saturated heterocycles. The normalized spacial score (nSPS) is 27.1. The number of amides is 3. The second-order valence-corrected chi connectivity index (χ2v) is 10.6. The van der Waals surface area contributed by atoms with Crippen LogP contribution in [0.2, 0.25) is 0 Å². The number of phenols is 1. The van der Waals surface area contributed by atoms with Crippen LogP contribution in [0, 0.1) is 36.3 Å². The number of aromatic hydroxyl groups is 1. The van der Waals surface area contributed by atoms with Gasteiger partial charge in [0.05, 0.1) is 48.8 Å². The molecule has 0 spiro atoms. The molecule has 0 saturated carbocycles. The van der Waals surface area contributed by atoms with Crippen molar-refractivity contribution < 1.29 is 52.0 Å². The zero-order valence-corrected chi connectivity index (χ0v) is 23.4. The van der Waals surface area contributed by atoms with E-state index in [1.165, 1.54) is 45.0 Å². The van der Waals surface area contributed by atoms with Crippen LogP contribution in [0.3, 0.4) is 0 Å². The van der Waals surface area contributed by atoms with Gasteiger partial charge in [-0.05, 0) is 39.3 Å². The Bertz CT molecular complexity index is 1420. The van der Waals surface area contributed by atoms with Crippen molar-refractivity contribution in [1.29, 1.82) is 0 Å². The molecule has 3 amide bonds. The molecule has 0 radical (unpaired) electrons. The number of aliphatic hydroxyl groups is 1. The Hall–Kier alpha value is -4.24. The Morgan fingerprint density at radius 1 is 1.07 bits per heavy atom. The Kier molecular flexibility index (Phi) is 9.55. The number of halogens is 3. The molecule has 2 aliphatic heterocycles. The highest BCUT2D eigenvalue weighted by Crippen LogP contribution is 2.25. The first kappa shape index (κ1) is 31.7. The number of esters is 1. The van der Waals surface area contributed by atoms with Crippen LogP contribution in [0.1, 0.15) is 35.5 Å². The van der Waals surface area contributed by atoms with E-state index in [4.69, 9.17) is 9.47 Å².